The molecule has 190 valence electrons. The number of nitrogens with one attached hydrogen (secondary N) is 3. The number of rotatable bonds is 5. The van der Waals surface area contributed by atoms with E-state index in [1.54, 1.807) is 18.2 Å². The second-order valence-corrected chi connectivity index (χ2v) is 9.53. The molecule has 4 heterocycles. The van der Waals surface area contributed by atoms with E-state index in [1.165, 1.54) is 23.2 Å². The van der Waals surface area contributed by atoms with E-state index in [4.69, 9.17) is 15.6 Å². The van der Waals surface area contributed by atoms with E-state index in [0.717, 1.165) is 29.3 Å². The number of aromatic nitrogens is 2. The number of benzene rings is 1. The van der Waals surface area contributed by atoms with E-state index >= 15 is 0 Å². The second kappa shape index (κ2) is 9.33. The second-order valence-electron chi connectivity index (χ2n) is 9.53. The molecule has 0 bridgehead atoms. The summed E-state index contributed by atoms with van der Waals surface area (Å²) in [6, 6.07) is 9.75. The van der Waals surface area contributed by atoms with Crippen molar-refractivity contribution in [3.63, 3.8) is 0 Å². The molecule has 0 radical (unpaired) electrons. The van der Waals surface area contributed by atoms with Gasteiger partial charge in [-0.2, -0.15) is 13.2 Å². The predicted octanol–water partition coefficient (Wildman–Crippen LogP) is 4.22. The molecule has 36 heavy (non-hydrogen) atoms. The number of alkyl halides is 3. The lowest BCUT2D eigenvalue weighted by Crippen LogP contribution is -2.45. The number of hydrogen-bond acceptors (Lipinski definition) is 6. The number of pyridine rings is 2. The highest BCUT2D eigenvalue weighted by Crippen LogP contribution is 2.42. The van der Waals surface area contributed by atoms with Crippen LogP contribution in [0.1, 0.15) is 43.5 Å². The molecule has 2 aliphatic heterocycles. The Morgan fingerprint density at radius 3 is 2.72 bits per heavy atom. The van der Waals surface area contributed by atoms with Crippen LogP contribution < -0.4 is 15.5 Å². The number of ether oxygens (including phenoxy) is 1. The topological polar surface area (TPSA) is 90.0 Å². The monoisotopic (exact) mass is 498 g/mol. The molecule has 2 fully saturated rings. The zero-order valence-corrected chi connectivity index (χ0v) is 20.0. The lowest BCUT2D eigenvalue weighted by Gasteiger charge is -2.32. The van der Waals surface area contributed by atoms with Crippen LogP contribution in [-0.4, -0.2) is 58.2 Å². The molecule has 0 aliphatic carbocycles. The van der Waals surface area contributed by atoms with Crippen molar-refractivity contribution in [3.05, 3.63) is 65.4 Å². The summed E-state index contributed by atoms with van der Waals surface area (Å²) in [4.78, 5) is 6.02. The van der Waals surface area contributed by atoms with Crippen molar-refractivity contribution < 1.29 is 17.9 Å². The van der Waals surface area contributed by atoms with Crippen LogP contribution in [0.4, 0.5) is 13.2 Å². The van der Waals surface area contributed by atoms with E-state index in [1.807, 2.05) is 19.1 Å². The van der Waals surface area contributed by atoms with E-state index in [0.29, 0.717) is 37.4 Å². The van der Waals surface area contributed by atoms with Crippen LogP contribution in [0.5, 0.6) is 5.75 Å². The normalized spacial score (nSPS) is 21.3. The first-order valence-electron chi connectivity index (χ1n) is 12.1. The molecule has 0 amide bonds. The summed E-state index contributed by atoms with van der Waals surface area (Å²) >= 11 is 0. The largest absolute Gasteiger partial charge is 0.494 e. The average Bonchev–Trinajstić information content (AvgIpc) is 3.48. The van der Waals surface area contributed by atoms with Gasteiger partial charge >= 0.3 is 6.18 Å². The maximum atomic E-state index is 14.4. The third-order valence-corrected chi connectivity index (χ3v) is 7.14. The summed E-state index contributed by atoms with van der Waals surface area (Å²) in [6.45, 7) is 3.88. The minimum atomic E-state index is -4.50. The summed E-state index contributed by atoms with van der Waals surface area (Å²) in [5, 5.41) is 21.3. The van der Waals surface area contributed by atoms with Crippen LogP contribution >= 0.6 is 0 Å². The van der Waals surface area contributed by atoms with Crippen LogP contribution in [0.2, 0.25) is 0 Å². The van der Waals surface area contributed by atoms with Crippen LogP contribution in [0.25, 0.3) is 10.9 Å². The SMILES string of the molecule is CCOc1ccc2ccc(C(=N)n3cc([C@@H](N4CCC5(CCCN5)C4)C(F)(F)F)ccc3=N)nc2c1. The van der Waals surface area contributed by atoms with Gasteiger partial charge in [0.25, 0.3) is 0 Å². The molecule has 10 heteroatoms. The van der Waals surface area contributed by atoms with Gasteiger partial charge in [0, 0.05) is 36.3 Å². The van der Waals surface area contributed by atoms with Gasteiger partial charge in [-0.05, 0) is 62.6 Å². The van der Waals surface area contributed by atoms with Crippen molar-refractivity contribution in [1.82, 2.24) is 19.8 Å². The van der Waals surface area contributed by atoms with Crippen molar-refractivity contribution in [2.24, 2.45) is 0 Å². The number of nitrogens with zero attached hydrogens (tertiary/aromatic N) is 3. The summed E-state index contributed by atoms with van der Waals surface area (Å²) in [7, 11) is 0. The Morgan fingerprint density at radius 1 is 1.19 bits per heavy atom. The fraction of sp³-hybridized carbons (Fsp3) is 0.423. The van der Waals surface area contributed by atoms with Gasteiger partial charge in [-0.25, -0.2) is 4.98 Å². The van der Waals surface area contributed by atoms with E-state index in [-0.39, 0.29) is 28.1 Å². The minimum Gasteiger partial charge on any atom is -0.494 e. The minimum absolute atomic E-state index is 0.0118. The Labute approximate surface area is 206 Å². The highest BCUT2D eigenvalue weighted by molar-refractivity contribution is 5.98. The maximum absolute atomic E-state index is 14.4. The van der Waals surface area contributed by atoms with Crippen molar-refractivity contribution >= 4 is 16.7 Å². The van der Waals surface area contributed by atoms with Crippen molar-refractivity contribution in [2.75, 3.05) is 26.2 Å². The third-order valence-electron chi connectivity index (χ3n) is 7.14. The first kappa shape index (κ1) is 24.5. The van der Waals surface area contributed by atoms with Gasteiger partial charge in [-0.1, -0.05) is 12.1 Å². The number of halogens is 3. The Bertz CT molecular complexity index is 1350. The standard InChI is InChI=1S/C26H29F3N6O/c1-2-36-19-7-4-17-5-8-20(33-21(17)14-19)24(31)35-15-18(6-9-22(35)30)23(26(27,28)29)34-13-11-25(16-34)10-3-12-32-25/h4-9,14-15,23,30-32H,2-3,10-13,16H2,1H3/t23-,25?/m1/s1. The average molecular weight is 499 g/mol. The van der Waals surface area contributed by atoms with Gasteiger partial charge in [-0.3, -0.25) is 20.3 Å². The van der Waals surface area contributed by atoms with Crippen LogP contribution in [-0.2, 0) is 0 Å². The Hall–Kier alpha value is -3.24. The zero-order valence-electron chi connectivity index (χ0n) is 20.0. The first-order chi connectivity index (χ1) is 17.2. The summed E-state index contributed by atoms with van der Waals surface area (Å²) in [5.74, 6) is 0.479. The van der Waals surface area contributed by atoms with Crippen molar-refractivity contribution in [2.45, 2.75) is 43.9 Å². The molecule has 1 unspecified atom stereocenters. The molecule has 2 aliphatic rings. The maximum Gasteiger partial charge on any atom is 0.408 e. The van der Waals surface area contributed by atoms with E-state index < -0.39 is 12.2 Å². The van der Waals surface area contributed by atoms with E-state index in [9.17, 15) is 13.2 Å². The van der Waals surface area contributed by atoms with Gasteiger partial charge < -0.3 is 10.1 Å². The van der Waals surface area contributed by atoms with Crippen LogP contribution in [0, 0.1) is 10.8 Å². The van der Waals surface area contributed by atoms with Crippen molar-refractivity contribution in [3.8, 4) is 5.75 Å². The predicted molar refractivity (Wildman–Crippen MR) is 130 cm³/mol. The molecular weight excluding hydrogens is 469 g/mol. The van der Waals surface area contributed by atoms with Crippen LogP contribution in [0.15, 0.2) is 48.7 Å². The highest BCUT2D eigenvalue weighted by atomic mass is 19.4. The number of likely N-dealkylation sites (tertiary alicyclic amines) is 1. The fourth-order valence-corrected chi connectivity index (χ4v) is 5.42. The molecule has 2 saturated heterocycles. The molecule has 2 atom stereocenters. The molecule has 1 aromatic carbocycles. The smallest absolute Gasteiger partial charge is 0.408 e. The van der Waals surface area contributed by atoms with Gasteiger partial charge in [-0.15, -0.1) is 0 Å². The first-order valence-corrected chi connectivity index (χ1v) is 12.1. The van der Waals surface area contributed by atoms with Crippen molar-refractivity contribution in [1.29, 1.82) is 10.8 Å². The Morgan fingerprint density at radius 2 is 2.00 bits per heavy atom. The number of hydrogen-bond donors (Lipinski definition) is 3. The Balaban J connectivity index is 1.49. The lowest BCUT2D eigenvalue weighted by atomic mass is 9.97. The molecule has 0 saturated carbocycles. The molecule has 2 aromatic heterocycles. The summed E-state index contributed by atoms with van der Waals surface area (Å²) < 4.78 is 49.8. The van der Waals surface area contributed by atoms with E-state index in [2.05, 4.69) is 10.3 Å². The molecule has 1 spiro atoms. The van der Waals surface area contributed by atoms with Gasteiger partial charge in [0.05, 0.1) is 12.1 Å². The zero-order chi connectivity index (χ0) is 25.5. The Kier molecular flexibility index (Phi) is 6.34. The molecular formula is C26H29F3N6O. The molecule has 7 nitrogen and oxygen atoms in total. The fourth-order valence-electron chi connectivity index (χ4n) is 5.42. The lowest BCUT2D eigenvalue weighted by molar-refractivity contribution is -0.184. The van der Waals surface area contributed by atoms with Gasteiger partial charge in [0.15, 0.2) is 5.84 Å². The molecule has 3 aromatic rings. The highest BCUT2D eigenvalue weighted by Gasteiger charge is 2.50. The third kappa shape index (κ3) is 4.62. The summed E-state index contributed by atoms with van der Waals surface area (Å²) in [5.41, 5.74) is 0.524. The van der Waals surface area contributed by atoms with Gasteiger partial charge in [0.1, 0.15) is 23.0 Å². The molecule has 3 N–H and O–H groups in total. The number of fused-ring (bicyclic) bond motifs is 1. The van der Waals surface area contributed by atoms with Crippen LogP contribution in [0.3, 0.4) is 0 Å². The molecule has 5 rings (SSSR count). The summed E-state index contributed by atoms with van der Waals surface area (Å²) in [6.07, 6.45) is -0.706. The quantitative estimate of drug-likeness (QED) is 0.363. The van der Waals surface area contributed by atoms with Gasteiger partial charge in [0.2, 0.25) is 0 Å².